The van der Waals surface area contributed by atoms with E-state index in [1.807, 2.05) is 54.3 Å². The lowest BCUT2D eigenvalue weighted by Gasteiger charge is -2.26. The highest BCUT2D eigenvalue weighted by Crippen LogP contribution is 2.38. The predicted molar refractivity (Wildman–Crippen MR) is 153 cm³/mol. The van der Waals surface area contributed by atoms with Gasteiger partial charge in [-0.15, -0.1) is 10.2 Å². The molecule has 0 bridgehead atoms. The molecule has 0 saturated heterocycles. The van der Waals surface area contributed by atoms with Crippen molar-refractivity contribution in [3.8, 4) is 22.9 Å². The molecular weight excluding hydrogens is 496 g/mol. The molecule has 0 N–H and O–H groups in total. The minimum absolute atomic E-state index is 0.0553. The Balaban J connectivity index is 1.43. The molecule has 1 aliphatic rings. The number of nitrogens with zero attached hydrogens (tertiary/aromatic N) is 4. The molecule has 8 heteroatoms. The number of hydrogen-bond donors (Lipinski definition) is 0. The number of aromatic nitrogens is 3. The van der Waals surface area contributed by atoms with Crippen LogP contribution in [-0.4, -0.2) is 47.2 Å². The van der Waals surface area contributed by atoms with Gasteiger partial charge in [-0.05, 0) is 49.4 Å². The fourth-order valence-corrected chi connectivity index (χ4v) is 6.23. The molecule has 5 rings (SSSR count). The quantitative estimate of drug-likeness (QED) is 0.223. The molecule has 1 fully saturated rings. The van der Waals surface area contributed by atoms with Gasteiger partial charge in [0.05, 0.1) is 25.7 Å². The summed E-state index contributed by atoms with van der Waals surface area (Å²) in [5, 5.41) is 12.2. The molecule has 38 heavy (non-hydrogen) atoms. The largest absolute Gasteiger partial charge is 0.493 e. The minimum atomic E-state index is 0.0553. The normalized spacial score (nSPS) is 14.0. The van der Waals surface area contributed by atoms with Crippen LogP contribution in [0.3, 0.4) is 0 Å². The van der Waals surface area contributed by atoms with Gasteiger partial charge in [0.15, 0.2) is 22.5 Å². The Kier molecular flexibility index (Phi) is 8.17. The van der Waals surface area contributed by atoms with Gasteiger partial charge >= 0.3 is 0 Å². The first-order valence-corrected chi connectivity index (χ1v) is 14.2. The number of benzene rings is 3. The number of amides is 1. The Labute approximate surface area is 228 Å². The van der Waals surface area contributed by atoms with E-state index in [2.05, 4.69) is 33.0 Å². The van der Waals surface area contributed by atoms with Gasteiger partial charge in [0.25, 0.3) is 0 Å². The lowest BCUT2D eigenvalue weighted by molar-refractivity contribution is -0.116. The van der Waals surface area contributed by atoms with Crippen molar-refractivity contribution in [2.24, 2.45) is 0 Å². The van der Waals surface area contributed by atoms with Crippen LogP contribution in [0.4, 0.5) is 5.69 Å². The van der Waals surface area contributed by atoms with Crippen LogP contribution < -0.4 is 14.4 Å². The zero-order chi connectivity index (χ0) is 26.5. The SMILES string of the molecule is CCN(C(=O)CSc1nnc(-c2ccc(OC)c(OC)c2)n1C1CCCCC1)c1cccc2ccccc12. The number of rotatable bonds is 9. The van der Waals surface area contributed by atoms with Crippen molar-refractivity contribution in [3.05, 3.63) is 60.7 Å². The van der Waals surface area contributed by atoms with E-state index < -0.39 is 0 Å². The van der Waals surface area contributed by atoms with Crippen molar-refractivity contribution in [3.63, 3.8) is 0 Å². The minimum Gasteiger partial charge on any atom is -0.493 e. The third-order valence-electron chi connectivity index (χ3n) is 7.25. The number of ether oxygens (including phenoxy) is 2. The Morgan fingerprint density at radius 2 is 1.74 bits per heavy atom. The van der Waals surface area contributed by atoms with Gasteiger partial charge in [-0.1, -0.05) is 67.4 Å². The van der Waals surface area contributed by atoms with Crippen LogP contribution >= 0.6 is 11.8 Å². The van der Waals surface area contributed by atoms with E-state index in [9.17, 15) is 4.79 Å². The van der Waals surface area contributed by atoms with E-state index in [-0.39, 0.29) is 11.7 Å². The van der Waals surface area contributed by atoms with Crippen molar-refractivity contribution in [2.75, 3.05) is 31.4 Å². The van der Waals surface area contributed by atoms with Crippen molar-refractivity contribution in [2.45, 2.75) is 50.2 Å². The second kappa shape index (κ2) is 11.9. The molecule has 4 aromatic rings. The number of fused-ring (bicyclic) bond motifs is 1. The molecule has 0 unspecified atom stereocenters. The lowest BCUT2D eigenvalue weighted by atomic mass is 9.95. The highest BCUT2D eigenvalue weighted by atomic mass is 32.2. The molecule has 1 amide bonds. The Bertz CT molecular complexity index is 1410. The van der Waals surface area contributed by atoms with Crippen LogP contribution in [0.2, 0.25) is 0 Å². The number of hydrogen-bond acceptors (Lipinski definition) is 6. The van der Waals surface area contributed by atoms with Gasteiger partial charge in [0.2, 0.25) is 5.91 Å². The van der Waals surface area contributed by atoms with Crippen molar-refractivity contribution < 1.29 is 14.3 Å². The summed E-state index contributed by atoms with van der Waals surface area (Å²) in [6, 6.07) is 20.4. The maximum absolute atomic E-state index is 13.5. The van der Waals surface area contributed by atoms with Crippen molar-refractivity contribution >= 4 is 34.1 Å². The van der Waals surface area contributed by atoms with Gasteiger partial charge in [-0.2, -0.15) is 0 Å². The van der Waals surface area contributed by atoms with Gasteiger partial charge in [0.1, 0.15) is 0 Å². The maximum atomic E-state index is 13.5. The number of anilines is 1. The van der Waals surface area contributed by atoms with Crippen LogP contribution in [0.5, 0.6) is 11.5 Å². The average molecular weight is 531 g/mol. The van der Waals surface area contributed by atoms with Gasteiger partial charge in [-0.25, -0.2) is 0 Å². The van der Waals surface area contributed by atoms with E-state index >= 15 is 0 Å². The third kappa shape index (κ3) is 5.23. The van der Waals surface area contributed by atoms with E-state index in [0.29, 0.717) is 24.1 Å². The molecule has 1 aliphatic carbocycles. The molecule has 0 radical (unpaired) electrons. The van der Waals surface area contributed by atoms with Crippen LogP contribution in [-0.2, 0) is 4.79 Å². The summed E-state index contributed by atoms with van der Waals surface area (Å²) < 4.78 is 13.2. The first-order chi connectivity index (χ1) is 18.6. The summed E-state index contributed by atoms with van der Waals surface area (Å²) in [6.45, 7) is 2.61. The standard InChI is InChI=1S/C30H34N4O3S/c1-4-33(25-16-10-12-21-11-8-9-15-24(21)25)28(35)20-38-30-32-31-29(34(30)23-13-6-5-7-14-23)22-17-18-26(36-2)27(19-22)37-3/h8-12,15-19,23H,4-7,13-14,20H2,1-3H3. The molecule has 0 atom stereocenters. The first kappa shape index (κ1) is 26.1. The fraction of sp³-hybridized carbons (Fsp3) is 0.367. The Hall–Kier alpha value is -3.52. The molecule has 1 aromatic heterocycles. The predicted octanol–water partition coefficient (Wildman–Crippen LogP) is 6.77. The monoisotopic (exact) mass is 530 g/mol. The number of thioether (sulfide) groups is 1. The zero-order valence-corrected chi connectivity index (χ0v) is 23.0. The van der Waals surface area contributed by atoms with Crippen LogP contribution in [0.15, 0.2) is 65.8 Å². The molecule has 198 valence electrons. The summed E-state index contributed by atoms with van der Waals surface area (Å²) in [6.07, 6.45) is 5.78. The number of carbonyl (C=O) groups excluding carboxylic acids is 1. The van der Waals surface area contributed by atoms with Crippen LogP contribution in [0, 0.1) is 0 Å². The molecule has 7 nitrogen and oxygen atoms in total. The summed E-state index contributed by atoms with van der Waals surface area (Å²) in [5.74, 6) is 2.47. The molecule has 0 aliphatic heterocycles. The fourth-order valence-electron chi connectivity index (χ4n) is 5.34. The van der Waals surface area contributed by atoms with Crippen LogP contribution in [0.25, 0.3) is 22.2 Å². The van der Waals surface area contributed by atoms with E-state index in [0.717, 1.165) is 45.8 Å². The molecule has 1 saturated carbocycles. The van der Waals surface area contributed by atoms with Crippen molar-refractivity contribution in [1.29, 1.82) is 0 Å². The first-order valence-electron chi connectivity index (χ1n) is 13.2. The number of methoxy groups -OCH3 is 2. The van der Waals surface area contributed by atoms with Gasteiger partial charge in [0, 0.05) is 23.5 Å². The molecule has 3 aromatic carbocycles. The Morgan fingerprint density at radius 3 is 2.50 bits per heavy atom. The molecular formula is C30H34N4O3S. The summed E-state index contributed by atoms with van der Waals surface area (Å²) >= 11 is 1.47. The zero-order valence-electron chi connectivity index (χ0n) is 22.2. The third-order valence-corrected chi connectivity index (χ3v) is 8.17. The lowest BCUT2D eigenvalue weighted by Crippen LogP contribution is -2.32. The van der Waals surface area contributed by atoms with Crippen molar-refractivity contribution in [1.82, 2.24) is 14.8 Å². The van der Waals surface area contributed by atoms with Crippen LogP contribution in [0.1, 0.15) is 45.1 Å². The van der Waals surface area contributed by atoms with Gasteiger partial charge in [-0.3, -0.25) is 9.36 Å². The molecule has 1 heterocycles. The summed E-state index contributed by atoms with van der Waals surface area (Å²) in [5.41, 5.74) is 1.86. The highest BCUT2D eigenvalue weighted by molar-refractivity contribution is 7.99. The smallest absolute Gasteiger partial charge is 0.237 e. The average Bonchev–Trinajstić information content (AvgIpc) is 3.40. The second-order valence-electron chi connectivity index (χ2n) is 9.46. The Morgan fingerprint density at radius 1 is 0.974 bits per heavy atom. The summed E-state index contributed by atoms with van der Waals surface area (Å²) in [7, 11) is 3.27. The van der Waals surface area contributed by atoms with E-state index in [4.69, 9.17) is 9.47 Å². The number of carbonyl (C=O) groups is 1. The van der Waals surface area contributed by atoms with E-state index in [1.54, 1.807) is 14.2 Å². The maximum Gasteiger partial charge on any atom is 0.237 e. The molecule has 0 spiro atoms. The highest BCUT2D eigenvalue weighted by Gasteiger charge is 2.26. The second-order valence-corrected chi connectivity index (χ2v) is 10.4. The topological polar surface area (TPSA) is 69.5 Å². The van der Waals surface area contributed by atoms with E-state index in [1.165, 1.54) is 31.0 Å². The van der Waals surface area contributed by atoms with Gasteiger partial charge < -0.3 is 14.4 Å². The summed E-state index contributed by atoms with van der Waals surface area (Å²) in [4.78, 5) is 15.4.